The van der Waals surface area contributed by atoms with E-state index >= 15 is 0 Å². The van der Waals surface area contributed by atoms with E-state index in [4.69, 9.17) is 0 Å². The Labute approximate surface area is 416 Å². The molecule has 3 unspecified atom stereocenters. The topological polar surface area (TPSA) is 484 Å². The highest BCUT2D eigenvalue weighted by Crippen LogP contribution is 2.38. The summed E-state index contributed by atoms with van der Waals surface area (Å²) >= 11 is 0. The minimum absolute atomic E-state index is 0.111. The molecule has 1 aromatic carbocycles. The molecule has 400 valence electrons. The number of rotatable bonds is 23. The van der Waals surface area contributed by atoms with Gasteiger partial charge in [-0.3, -0.25) is 48.4 Å². The van der Waals surface area contributed by atoms with E-state index in [-0.39, 0.29) is 20.4 Å². The number of carboxylic acid groups (broad SMARTS) is 4. The molecule has 3 heterocycles. The van der Waals surface area contributed by atoms with Crippen molar-refractivity contribution in [2.75, 3.05) is 44.4 Å². The average Bonchev–Trinajstić information content (AvgIpc) is 3.36. The Balaban J connectivity index is 1.87. The third-order valence-electron chi connectivity index (χ3n) is 11.5. The van der Waals surface area contributed by atoms with Gasteiger partial charge in [0.15, 0.2) is 34.8 Å². The largest absolute Gasteiger partial charge is 0.503 e. The van der Waals surface area contributed by atoms with Crippen LogP contribution in [0.15, 0.2) is 79.7 Å². The van der Waals surface area contributed by atoms with Crippen molar-refractivity contribution in [3.05, 3.63) is 64.7 Å². The van der Waals surface area contributed by atoms with Crippen molar-refractivity contribution in [3.63, 3.8) is 0 Å². The molecule has 1 aromatic rings. The summed E-state index contributed by atoms with van der Waals surface area (Å²) in [6.07, 6.45) is -17.9. The summed E-state index contributed by atoms with van der Waals surface area (Å²) in [4.78, 5) is 143. The van der Waals surface area contributed by atoms with Crippen molar-refractivity contribution < 1.29 is 114 Å². The Bertz CT molecular complexity index is 2400. The highest BCUT2D eigenvalue weighted by atomic mass is 16.4. The van der Waals surface area contributed by atoms with Crippen molar-refractivity contribution in [1.29, 1.82) is 0 Å². The van der Waals surface area contributed by atoms with E-state index in [0.717, 1.165) is 4.90 Å². The highest BCUT2D eigenvalue weighted by molar-refractivity contribution is 6.70. The van der Waals surface area contributed by atoms with E-state index in [1.165, 1.54) is 30.3 Å². The van der Waals surface area contributed by atoms with Crippen LogP contribution in [0.25, 0.3) is 0 Å². The van der Waals surface area contributed by atoms with Gasteiger partial charge in [0.25, 0.3) is 34.7 Å². The number of nitrogens with zero attached hydrogens (tertiary/aromatic N) is 7. The second-order valence-electron chi connectivity index (χ2n) is 16.6. The summed E-state index contributed by atoms with van der Waals surface area (Å²) in [5.41, 5.74) is -4.20. The van der Waals surface area contributed by atoms with Gasteiger partial charge in [0.05, 0.1) is 60.8 Å². The number of anilines is 1. The Kier molecular flexibility index (Phi) is 20.0. The van der Waals surface area contributed by atoms with Crippen LogP contribution >= 0.6 is 0 Å². The van der Waals surface area contributed by atoms with Crippen LogP contribution in [0.4, 0.5) is 24.9 Å². The zero-order chi connectivity index (χ0) is 55.4. The van der Waals surface area contributed by atoms with Crippen LogP contribution in [-0.4, -0.2) is 221 Å². The number of Topliss-reactive ketones (excluding diaryl/α,β-unsaturated/α-hetero) is 6. The number of aliphatic hydroxyl groups excluding tert-OH is 9. The molecular weight excluding hydrogens is 995 g/mol. The summed E-state index contributed by atoms with van der Waals surface area (Å²) in [5.74, 6) is -16.9. The van der Waals surface area contributed by atoms with E-state index in [2.05, 4.69) is 15.0 Å². The molecule has 30 heteroatoms. The SMILES string of the molecule is O=C1C(=O)C(O)=C(CC(O)CO)N=C1N(CCCC(CCCN(C(=O)O)C1=NC(CC(O)CO)=C(O)C(=O)C1=O)(CCCN(C(=O)O)C1=NC(CC(O)CO)=C(O)C(=O)C1=O)N(C(=O)O)c1ccccc1)C(=O)O. The lowest BCUT2D eigenvalue weighted by Gasteiger charge is -2.44. The van der Waals surface area contributed by atoms with Gasteiger partial charge in [0.1, 0.15) is 0 Å². The molecule has 0 aromatic heterocycles. The van der Waals surface area contributed by atoms with Gasteiger partial charge in [-0.25, -0.2) is 34.2 Å². The number of benzene rings is 1. The maximum absolute atomic E-state index is 13.6. The number of hydrogen-bond donors (Lipinski definition) is 13. The molecule has 4 amide bonds. The number of carbonyl (C=O) groups is 10. The molecule has 0 fully saturated rings. The number of ketones is 6. The molecule has 30 nitrogen and oxygen atoms in total. The van der Waals surface area contributed by atoms with Crippen molar-refractivity contribution in [1.82, 2.24) is 14.7 Å². The zero-order valence-corrected chi connectivity index (χ0v) is 38.8. The molecule has 0 bridgehead atoms. The maximum Gasteiger partial charge on any atom is 0.413 e. The zero-order valence-electron chi connectivity index (χ0n) is 38.8. The van der Waals surface area contributed by atoms with Gasteiger partial charge in [-0.15, -0.1) is 0 Å². The van der Waals surface area contributed by atoms with Crippen LogP contribution in [0, 0.1) is 0 Å². The van der Waals surface area contributed by atoms with E-state index in [9.17, 15) is 114 Å². The van der Waals surface area contributed by atoms with Gasteiger partial charge in [-0.05, 0) is 50.7 Å². The fourth-order valence-corrected chi connectivity index (χ4v) is 8.00. The number of amidine groups is 3. The van der Waals surface area contributed by atoms with Crippen LogP contribution in [0.3, 0.4) is 0 Å². The molecule has 0 saturated heterocycles. The molecule has 3 aliphatic heterocycles. The lowest BCUT2D eigenvalue weighted by Crippen LogP contribution is -2.54. The third-order valence-corrected chi connectivity index (χ3v) is 11.5. The van der Waals surface area contributed by atoms with Crippen molar-refractivity contribution in [3.8, 4) is 0 Å². The first kappa shape index (κ1) is 58.3. The molecule has 4 rings (SSSR count). The quantitative estimate of drug-likeness (QED) is 0.0607. The fourth-order valence-electron chi connectivity index (χ4n) is 8.00. The van der Waals surface area contributed by atoms with Crippen LogP contribution in [0.2, 0.25) is 0 Å². The van der Waals surface area contributed by atoms with Gasteiger partial charge in [-0.1, -0.05) is 18.2 Å². The number of para-hydroxylation sites is 1. The van der Waals surface area contributed by atoms with E-state index in [0.29, 0.717) is 0 Å². The molecule has 74 heavy (non-hydrogen) atoms. The number of aliphatic hydroxyl groups is 9. The standard InChI is InChI=1S/C44H51N7O23/c52-18-22(55)15-25-28(58)31(61)34(64)37(45-25)48(40(67)68)12-4-9-44(51(43(73)74)21-7-2-1-3-8-21,10-5-13-49(41(69)70)38-35(65)32(62)29(59)26(46-38)16-23(56)19-53)11-6-14-50(42(71)72)39-36(66)33(63)30(60)27(47-39)17-24(57)20-54/h1-3,7-8,22-24,52-60H,4-6,9-20H2,(H,67,68)(H,69,70)(H,71,72)(H,73,74). The molecule has 3 atom stereocenters. The number of carbonyl (C=O) groups excluding carboxylic acids is 6. The summed E-state index contributed by atoms with van der Waals surface area (Å²) < 4.78 is 0. The molecule has 0 spiro atoms. The Hall–Kier alpha value is -8.29. The van der Waals surface area contributed by atoms with Crippen LogP contribution in [-0.2, 0) is 28.8 Å². The van der Waals surface area contributed by atoms with Gasteiger partial charge >= 0.3 is 24.4 Å². The minimum Gasteiger partial charge on any atom is -0.503 e. The third kappa shape index (κ3) is 13.4. The number of hydrogen-bond acceptors (Lipinski definition) is 22. The Morgan fingerprint density at radius 3 is 0.986 bits per heavy atom. The molecular formula is C44H51N7O23. The van der Waals surface area contributed by atoms with Crippen LogP contribution in [0.5, 0.6) is 0 Å². The normalized spacial score (nSPS) is 17.3. The van der Waals surface area contributed by atoms with Gasteiger partial charge in [0.2, 0.25) is 0 Å². The van der Waals surface area contributed by atoms with Gasteiger partial charge in [0, 0.05) is 44.6 Å². The predicted molar refractivity (Wildman–Crippen MR) is 246 cm³/mol. The number of aliphatic imine (C=N–C) groups is 3. The maximum atomic E-state index is 13.6. The van der Waals surface area contributed by atoms with Gasteiger partial charge < -0.3 is 66.4 Å². The fraction of sp³-hybridized carbons (Fsp3) is 0.432. The second kappa shape index (κ2) is 25.4. The molecule has 0 aliphatic carbocycles. The Morgan fingerprint density at radius 2 is 0.743 bits per heavy atom. The summed E-state index contributed by atoms with van der Waals surface area (Å²) in [6.45, 7) is -5.22. The highest BCUT2D eigenvalue weighted by Gasteiger charge is 2.44. The first-order chi connectivity index (χ1) is 34.8. The number of allylic oxidation sites excluding steroid dienone is 3. The number of amides is 4. The molecule has 0 radical (unpaired) electrons. The average molecular weight is 1050 g/mol. The summed E-state index contributed by atoms with van der Waals surface area (Å²) in [5, 5.41) is 131. The Morgan fingerprint density at radius 1 is 0.459 bits per heavy atom. The van der Waals surface area contributed by atoms with Crippen LogP contribution in [0.1, 0.15) is 57.8 Å². The molecule has 0 saturated carbocycles. The second-order valence-corrected chi connectivity index (χ2v) is 16.6. The molecule has 13 N–H and O–H groups in total. The minimum atomic E-state index is -2.03. The smallest absolute Gasteiger partial charge is 0.413 e. The van der Waals surface area contributed by atoms with E-state index in [1.807, 2.05) is 0 Å². The van der Waals surface area contributed by atoms with E-state index < -0.39 is 232 Å². The summed E-state index contributed by atoms with van der Waals surface area (Å²) in [6, 6.07) is 6.88. The van der Waals surface area contributed by atoms with Crippen molar-refractivity contribution in [2.45, 2.75) is 81.6 Å². The van der Waals surface area contributed by atoms with Gasteiger partial charge in [-0.2, -0.15) is 0 Å². The van der Waals surface area contributed by atoms with Crippen molar-refractivity contribution >= 4 is 82.3 Å². The first-order valence-corrected chi connectivity index (χ1v) is 22.1. The van der Waals surface area contributed by atoms with Crippen LogP contribution < -0.4 is 4.90 Å². The van der Waals surface area contributed by atoms with Crippen molar-refractivity contribution in [2.24, 2.45) is 15.0 Å². The predicted octanol–water partition coefficient (Wildman–Crippen LogP) is -0.620. The first-order valence-electron chi connectivity index (χ1n) is 22.1. The lowest BCUT2D eigenvalue weighted by molar-refractivity contribution is -0.132. The lowest BCUT2D eigenvalue weighted by atomic mass is 9.81. The van der Waals surface area contributed by atoms with E-state index in [1.54, 1.807) is 0 Å². The molecule has 3 aliphatic rings. The monoisotopic (exact) mass is 1050 g/mol. The summed E-state index contributed by atoms with van der Waals surface area (Å²) in [7, 11) is 0.